The fourth-order valence-corrected chi connectivity index (χ4v) is 1.90. The van der Waals surface area contributed by atoms with Crippen molar-refractivity contribution >= 4 is 21.6 Å². The lowest BCUT2D eigenvalue weighted by Gasteiger charge is -1.99. The summed E-state index contributed by atoms with van der Waals surface area (Å²) in [5, 5.41) is 4.25. The maximum absolute atomic E-state index is 4.38. The fraction of sp³-hybridized carbons (Fsp3) is 0. The van der Waals surface area contributed by atoms with E-state index in [9.17, 15) is 0 Å². The number of hydrogen-bond acceptors (Lipinski definition) is 3. The Morgan fingerprint density at radius 3 is 2.94 bits per heavy atom. The van der Waals surface area contributed by atoms with Gasteiger partial charge in [0.2, 0.25) is 0 Å². The summed E-state index contributed by atoms with van der Waals surface area (Å²) in [5.41, 5.74) is 2.55. The largest absolute Gasteiger partial charge is 0.239 e. The molecule has 0 fully saturated rings. The van der Waals surface area contributed by atoms with Gasteiger partial charge in [-0.25, -0.2) is 14.5 Å². The molecule has 3 aromatic rings. The van der Waals surface area contributed by atoms with Crippen LogP contribution in [0.1, 0.15) is 0 Å². The summed E-state index contributed by atoms with van der Waals surface area (Å²) in [7, 11) is 0. The van der Waals surface area contributed by atoms with Gasteiger partial charge >= 0.3 is 0 Å². The molecule has 0 N–H and O–H groups in total. The van der Waals surface area contributed by atoms with Gasteiger partial charge in [-0.3, -0.25) is 0 Å². The Kier molecular flexibility index (Phi) is 2.18. The van der Waals surface area contributed by atoms with E-state index in [1.165, 1.54) is 0 Å². The van der Waals surface area contributed by atoms with Crippen LogP contribution >= 0.6 is 15.9 Å². The van der Waals surface area contributed by atoms with Crippen molar-refractivity contribution in [2.75, 3.05) is 0 Å². The highest BCUT2D eigenvalue weighted by Crippen LogP contribution is 2.19. The molecule has 0 amide bonds. The van der Waals surface area contributed by atoms with Crippen LogP contribution in [0.5, 0.6) is 0 Å². The van der Waals surface area contributed by atoms with Gasteiger partial charge in [0, 0.05) is 6.20 Å². The monoisotopic (exact) mass is 274 g/mol. The minimum absolute atomic E-state index is 0.802. The van der Waals surface area contributed by atoms with E-state index in [1.54, 1.807) is 16.9 Å². The molecule has 0 aliphatic carbocycles. The lowest BCUT2D eigenvalue weighted by Crippen LogP contribution is -1.94. The first-order valence-corrected chi connectivity index (χ1v) is 5.55. The molecule has 0 unspecified atom stereocenters. The zero-order valence-corrected chi connectivity index (χ0v) is 9.79. The van der Waals surface area contributed by atoms with Gasteiger partial charge < -0.3 is 0 Å². The van der Waals surface area contributed by atoms with E-state index < -0.39 is 0 Å². The van der Waals surface area contributed by atoms with Gasteiger partial charge in [-0.15, -0.1) is 0 Å². The van der Waals surface area contributed by atoms with Crippen LogP contribution in [-0.2, 0) is 0 Å². The number of hydrogen-bond donors (Lipinski definition) is 0. The van der Waals surface area contributed by atoms with Crippen LogP contribution in [0.2, 0.25) is 0 Å². The molecule has 0 aliphatic heterocycles. The van der Waals surface area contributed by atoms with Gasteiger partial charge in [0.1, 0.15) is 10.3 Å². The maximum Gasteiger partial charge on any atom is 0.154 e. The Morgan fingerprint density at radius 2 is 2.06 bits per heavy atom. The minimum Gasteiger partial charge on any atom is -0.239 e. The molecule has 78 valence electrons. The van der Waals surface area contributed by atoms with Gasteiger partial charge in [-0.05, 0) is 40.2 Å². The number of nitrogens with zero attached hydrogens (tertiary/aromatic N) is 4. The zero-order valence-electron chi connectivity index (χ0n) is 8.21. The molecule has 0 saturated carbocycles. The number of halogens is 1. The van der Waals surface area contributed by atoms with Crippen molar-refractivity contribution in [3.05, 3.63) is 47.3 Å². The standard InChI is InChI=1S/C11H7BrN4/c12-10-4-1-3-8(15-10)9-7-13-11-5-2-6-14-16(9)11/h1-7H. The molecule has 0 aliphatic rings. The highest BCUT2D eigenvalue weighted by atomic mass is 79.9. The smallest absolute Gasteiger partial charge is 0.154 e. The van der Waals surface area contributed by atoms with Crippen molar-refractivity contribution in [2.24, 2.45) is 0 Å². The predicted octanol–water partition coefficient (Wildman–Crippen LogP) is 2.55. The SMILES string of the molecule is Brc1cccc(-c2cnc3cccnn23)n1. The van der Waals surface area contributed by atoms with Gasteiger partial charge in [-0.1, -0.05) is 6.07 Å². The van der Waals surface area contributed by atoms with Crippen molar-refractivity contribution in [3.63, 3.8) is 0 Å². The van der Waals surface area contributed by atoms with Crippen LogP contribution in [0.25, 0.3) is 17.0 Å². The second-order valence-electron chi connectivity index (χ2n) is 3.28. The molecule has 0 atom stereocenters. The van der Waals surface area contributed by atoms with E-state index in [-0.39, 0.29) is 0 Å². The Hall–Kier alpha value is -1.75. The summed E-state index contributed by atoms with van der Waals surface area (Å²) in [6.07, 6.45) is 3.51. The first kappa shape index (κ1) is 9.47. The van der Waals surface area contributed by atoms with E-state index in [4.69, 9.17) is 0 Å². The van der Waals surface area contributed by atoms with E-state index in [2.05, 4.69) is 31.0 Å². The topological polar surface area (TPSA) is 43.1 Å². The quantitative estimate of drug-likeness (QED) is 0.641. The lowest BCUT2D eigenvalue weighted by molar-refractivity contribution is 0.937. The summed E-state index contributed by atoms with van der Waals surface area (Å²) in [6, 6.07) is 9.53. The number of aromatic nitrogens is 4. The first-order valence-electron chi connectivity index (χ1n) is 4.76. The molecule has 0 spiro atoms. The third-order valence-electron chi connectivity index (χ3n) is 2.26. The summed E-state index contributed by atoms with van der Waals surface area (Å²) >= 11 is 3.35. The van der Waals surface area contributed by atoms with Crippen LogP contribution < -0.4 is 0 Å². The summed E-state index contributed by atoms with van der Waals surface area (Å²) in [6.45, 7) is 0. The van der Waals surface area contributed by atoms with Crippen molar-refractivity contribution < 1.29 is 0 Å². The summed E-state index contributed by atoms with van der Waals surface area (Å²) in [4.78, 5) is 8.65. The molecule has 0 bridgehead atoms. The molecule has 0 saturated heterocycles. The number of pyridine rings is 1. The van der Waals surface area contributed by atoms with E-state index in [0.717, 1.165) is 21.6 Å². The van der Waals surface area contributed by atoms with Crippen molar-refractivity contribution in [2.45, 2.75) is 0 Å². The molecule has 3 aromatic heterocycles. The Balaban J connectivity index is 2.26. The molecule has 0 radical (unpaired) electrons. The second-order valence-corrected chi connectivity index (χ2v) is 4.10. The highest BCUT2D eigenvalue weighted by molar-refractivity contribution is 9.10. The van der Waals surface area contributed by atoms with Crippen LogP contribution in [0.4, 0.5) is 0 Å². The molecule has 5 heteroatoms. The van der Waals surface area contributed by atoms with E-state index in [0.29, 0.717) is 0 Å². The number of imidazole rings is 1. The van der Waals surface area contributed by atoms with Gasteiger partial charge in [-0.2, -0.15) is 5.10 Å². The molecule has 3 rings (SSSR count). The average molecular weight is 275 g/mol. The highest BCUT2D eigenvalue weighted by Gasteiger charge is 2.07. The Bertz CT molecular complexity index is 647. The van der Waals surface area contributed by atoms with Crippen molar-refractivity contribution in [3.8, 4) is 11.4 Å². The predicted molar refractivity (Wildman–Crippen MR) is 63.9 cm³/mol. The average Bonchev–Trinajstić information content (AvgIpc) is 2.72. The molecule has 3 heterocycles. The van der Waals surface area contributed by atoms with E-state index >= 15 is 0 Å². The van der Waals surface area contributed by atoms with Gasteiger partial charge in [0.25, 0.3) is 0 Å². The normalized spacial score (nSPS) is 10.8. The van der Waals surface area contributed by atoms with Crippen LogP contribution in [0, 0.1) is 0 Å². The van der Waals surface area contributed by atoms with Crippen molar-refractivity contribution in [1.29, 1.82) is 0 Å². The number of fused-ring (bicyclic) bond motifs is 1. The summed E-state index contributed by atoms with van der Waals surface area (Å²) < 4.78 is 2.57. The minimum atomic E-state index is 0.802. The van der Waals surface area contributed by atoms with Crippen LogP contribution in [0.15, 0.2) is 47.3 Å². The summed E-state index contributed by atoms with van der Waals surface area (Å²) in [5.74, 6) is 0. The lowest BCUT2D eigenvalue weighted by atomic mass is 10.3. The van der Waals surface area contributed by atoms with Crippen LogP contribution in [-0.4, -0.2) is 19.6 Å². The Morgan fingerprint density at radius 1 is 1.12 bits per heavy atom. The van der Waals surface area contributed by atoms with Crippen molar-refractivity contribution in [1.82, 2.24) is 19.6 Å². The Labute approximate surface area is 100 Å². The van der Waals surface area contributed by atoms with Gasteiger partial charge in [0.15, 0.2) is 5.65 Å². The number of rotatable bonds is 1. The maximum atomic E-state index is 4.38. The van der Waals surface area contributed by atoms with Crippen LogP contribution in [0.3, 0.4) is 0 Å². The second kappa shape index (κ2) is 3.68. The molecular formula is C11H7BrN4. The molecule has 4 nitrogen and oxygen atoms in total. The van der Waals surface area contributed by atoms with Gasteiger partial charge in [0.05, 0.1) is 11.9 Å². The molecule has 16 heavy (non-hydrogen) atoms. The van der Waals surface area contributed by atoms with E-state index in [1.807, 2.05) is 30.3 Å². The third kappa shape index (κ3) is 1.49. The fourth-order valence-electron chi connectivity index (χ4n) is 1.55. The third-order valence-corrected chi connectivity index (χ3v) is 2.70. The molecular weight excluding hydrogens is 268 g/mol. The first-order chi connectivity index (χ1) is 7.84. The molecule has 0 aromatic carbocycles. The zero-order chi connectivity index (χ0) is 11.0.